The minimum Gasteiger partial charge on any atom is -0.384 e. The van der Waals surface area contributed by atoms with Crippen molar-refractivity contribution in [1.82, 2.24) is 4.90 Å². The van der Waals surface area contributed by atoms with Gasteiger partial charge in [-0.25, -0.2) is 0 Å². The van der Waals surface area contributed by atoms with Gasteiger partial charge in [-0.15, -0.1) is 0 Å². The lowest BCUT2D eigenvalue weighted by atomic mass is 9.70. The first-order valence-corrected chi connectivity index (χ1v) is 9.67. The van der Waals surface area contributed by atoms with Gasteiger partial charge in [-0.1, -0.05) is 80.9 Å². The summed E-state index contributed by atoms with van der Waals surface area (Å²) in [4.78, 5) is 2.54. The number of hydrogen-bond acceptors (Lipinski definition) is 2. The minimum absolute atomic E-state index is 0.0641. The molecule has 1 N–H and O–H groups in total. The van der Waals surface area contributed by atoms with Crippen molar-refractivity contribution < 1.29 is 5.11 Å². The highest BCUT2D eigenvalue weighted by atomic mass is 16.3. The first kappa shape index (κ1) is 18.2. The average molecular weight is 338 g/mol. The molecule has 0 aromatic heterocycles. The van der Waals surface area contributed by atoms with E-state index in [0.29, 0.717) is 0 Å². The molecule has 2 nitrogen and oxygen atoms in total. The molecule has 0 amide bonds. The molecular weight excluding hydrogens is 306 g/mol. The first-order chi connectivity index (χ1) is 12.1. The van der Waals surface area contributed by atoms with Gasteiger partial charge in [0.1, 0.15) is 0 Å². The molecule has 1 saturated heterocycles. The maximum atomic E-state index is 12.0. The van der Waals surface area contributed by atoms with Crippen LogP contribution >= 0.6 is 0 Å². The zero-order valence-corrected chi connectivity index (χ0v) is 15.6. The summed E-state index contributed by atoms with van der Waals surface area (Å²) in [6, 6.07) is 20.8. The Kier molecular flexibility index (Phi) is 5.93. The molecule has 1 heterocycles. The van der Waals surface area contributed by atoms with Crippen molar-refractivity contribution in [3.8, 4) is 0 Å². The van der Waals surface area contributed by atoms with Crippen LogP contribution in [0.5, 0.6) is 0 Å². The Labute approximate surface area is 152 Å². The first-order valence-electron chi connectivity index (χ1n) is 9.67. The summed E-state index contributed by atoms with van der Waals surface area (Å²) in [6.45, 7) is 7.48. The summed E-state index contributed by atoms with van der Waals surface area (Å²) in [5.41, 5.74) is 1.38. The average Bonchev–Trinajstić information content (AvgIpc) is 2.67. The van der Waals surface area contributed by atoms with Crippen molar-refractivity contribution in [1.29, 1.82) is 0 Å². The molecule has 2 atom stereocenters. The summed E-state index contributed by atoms with van der Waals surface area (Å²) in [5.74, 6) is 0.194. The van der Waals surface area contributed by atoms with Crippen LogP contribution in [-0.4, -0.2) is 29.6 Å². The number of hydrogen-bond donors (Lipinski definition) is 1. The largest absolute Gasteiger partial charge is 0.384 e. The molecule has 1 aliphatic rings. The Morgan fingerprint density at radius 2 is 1.44 bits per heavy atom. The number of aliphatic hydroxyl groups is 1. The van der Waals surface area contributed by atoms with Gasteiger partial charge < -0.3 is 10.0 Å². The number of likely N-dealkylation sites (tertiary alicyclic amines) is 1. The van der Waals surface area contributed by atoms with Gasteiger partial charge in [-0.05, 0) is 43.0 Å². The van der Waals surface area contributed by atoms with Crippen LogP contribution in [0.1, 0.15) is 50.2 Å². The normalized spacial score (nSPS) is 19.5. The standard InChI is InChI=1S/C23H31NO/c1-19(2)23(25,21-14-8-4-9-15-21)22(20-12-6-3-7-13-20)18-24-16-10-5-11-17-24/h3-4,6-9,12-15,19,22,25H,5,10-11,16-18H2,1-2H3/t22-,23-/m0/s1. The highest BCUT2D eigenvalue weighted by Gasteiger charge is 2.42. The lowest BCUT2D eigenvalue weighted by Gasteiger charge is -2.43. The van der Waals surface area contributed by atoms with Gasteiger partial charge >= 0.3 is 0 Å². The second-order valence-electron chi connectivity index (χ2n) is 7.67. The lowest BCUT2D eigenvalue weighted by molar-refractivity contribution is -0.0472. The van der Waals surface area contributed by atoms with Crippen molar-refractivity contribution in [3.05, 3.63) is 71.8 Å². The van der Waals surface area contributed by atoms with E-state index < -0.39 is 5.60 Å². The molecule has 0 spiro atoms. The van der Waals surface area contributed by atoms with Crippen LogP contribution in [0.3, 0.4) is 0 Å². The van der Waals surface area contributed by atoms with E-state index in [-0.39, 0.29) is 11.8 Å². The SMILES string of the molecule is CC(C)[C@](O)(c1ccccc1)[C@@H](CN1CCCCC1)c1ccccc1. The highest BCUT2D eigenvalue weighted by Crippen LogP contribution is 2.43. The predicted octanol–water partition coefficient (Wildman–Crippen LogP) is 4.80. The number of piperidine rings is 1. The third-order valence-corrected chi connectivity index (χ3v) is 5.74. The fourth-order valence-corrected chi connectivity index (χ4v) is 4.23. The maximum absolute atomic E-state index is 12.0. The Morgan fingerprint density at radius 3 is 2.00 bits per heavy atom. The molecule has 25 heavy (non-hydrogen) atoms. The molecule has 0 unspecified atom stereocenters. The van der Waals surface area contributed by atoms with E-state index in [1.54, 1.807) is 0 Å². The van der Waals surface area contributed by atoms with Crippen molar-refractivity contribution in [2.75, 3.05) is 19.6 Å². The number of nitrogens with zero attached hydrogens (tertiary/aromatic N) is 1. The van der Waals surface area contributed by atoms with E-state index in [2.05, 4.69) is 61.2 Å². The maximum Gasteiger partial charge on any atom is 0.0999 e. The quantitative estimate of drug-likeness (QED) is 0.818. The smallest absolute Gasteiger partial charge is 0.0999 e. The van der Waals surface area contributed by atoms with E-state index in [0.717, 1.165) is 25.2 Å². The third-order valence-electron chi connectivity index (χ3n) is 5.74. The van der Waals surface area contributed by atoms with Crippen molar-refractivity contribution in [3.63, 3.8) is 0 Å². The van der Waals surface area contributed by atoms with E-state index in [9.17, 15) is 5.11 Å². The van der Waals surface area contributed by atoms with E-state index in [1.807, 2.05) is 18.2 Å². The van der Waals surface area contributed by atoms with Crippen LogP contribution < -0.4 is 0 Å². The van der Waals surface area contributed by atoms with Crippen LogP contribution in [0.15, 0.2) is 60.7 Å². The van der Waals surface area contributed by atoms with E-state index in [1.165, 1.54) is 24.8 Å². The summed E-state index contributed by atoms with van der Waals surface area (Å²) >= 11 is 0. The molecule has 2 aromatic rings. The second kappa shape index (κ2) is 8.16. The highest BCUT2D eigenvalue weighted by molar-refractivity contribution is 5.32. The molecule has 0 radical (unpaired) electrons. The second-order valence-corrected chi connectivity index (χ2v) is 7.67. The van der Waals surface area contributed by atoms with Crippen LogP contribution in [0, 0.1) is 5.92 Å². The van der Waals surface area contributed by atoms with Gasteiger partial charge in [0.15, 0.2) is 0 Å². The monoisotopic (exact) mass is 337 g/mol. The van der Waals surface area contributed by atoms with Gasteiger partial charge in [0.25, 0.3) is 0 Å². The zero-order chi connectivity index (χ0) is 17.7. The van der Waals surface area contributed by atoms with Crippen molar-refractivity contribution in [2.24, 2.45) is 5.92 Å². The number of rotatable bonds is 6. The molecule has 134 valence electrons. The van der Waals surface area contributed by atoms with Gasteiger partial charge in [0.2, 0.25) is 0 Å². The van der Waals surface area contributed by atoms with Crippen molar-refractivity contribution >= 4 is 0 Å². The predicted molar refractivity (Wildman–Crippen MR) is 105 cm³/mol. The van der Waals surface area contributed by atoms with Gasteiger partial charge in [0.05, 0.1) is 5.60 Å². The van der Waals surface area contributed by atoms with Gasteiger partial charge in [0, 0.05) is 12.5 Å². The molecule has 2 aromatic carbocycles. The molecule has 0 aliphatic carbocycles. The Balaban J connectivity index is 2.01. The molecule has 2 heteroatoms. The molecule has 3 rings (SSSR count). The summed E-state index contributed by atoms with van der Waals surface area (Å²) in [6.07, 6.45) is 3.87. The Morgan fingerprint density at radius 1 is 0.880 bits per heavy atom. The molecule has 0 bridgehead atoms. The minimum atomic E-state index is -0.875. The summed E-state index contributed by atoms with van der Waals surface area (Å²) in [7, 11) is 0. The fraction of sp³-hybridized carbons (Fsp3) is 0.478. The van der Waals surface area contributed by atoms with E-state index in [4.69, 9.17) is 0 Å². The topological polar surface area (TPSA) is 23.5 Å². The number of benzene rings is 2. The van der Waals surface area contributed by atoms with Gasteiger partial charge in [-0.2, -0.15) is 0 Å². The Bertz CT molecular complexity index is 634. The van der Waals surface area contributed by atoms with E-state index >= 15 is 0 Å². The van der Waals surface area contributed by atoms with Crippen LogP contribution in [-0.2, 0) is 5.60 Å². The van der Waals surface area contributed by atoms with Crippen LogP contribution in [0.25, 0.3) is 0 Å². The summed E-state index contributed by atoms with van der Waals surface area (Å²) < 4.78 is 0. The van der Waals surface area contributed by atoms with Crippen LogP contribution in [0.2, 0.25) is 0 Å². The van der Waals surface area contributed by atoms with Crippen LogP contribution in [0.4, 0.5) is 0 Å². The third kappa shape index (κ3) is 3.96. The Hall–Kier alpha value is -1.64. The molecule has 1 fully saturated rings. The molecule has 1 aliphatic heterocycles. The van der Waals surface area contributed by atoms with Crippen molar-refractivity contribution in [2.45, 2.75) is 44.6 Å². The zero-order valence-electron chi connectivity index (χ0n) is 15.6. The lowest BCUT2D eigenvalue weighted by Crippen LogP contribution is -2.45. The molecule has 0 saturated carbocycles. The van der Waals surface area contributed by atoms with Gasteiger partial charge in [-0.3, -0.25) is 0 Å². The fourth-order valence-electron chi connectivity index (χ4n) is 4.23. The molecular formula is C23H31NO. The summed E-state index contributed by atoms with van der Waals surface area (Å²) in [5, 5.41) is 12.0.